The molecule has 0 saturated carbocycles. The van der Waals surface area contributed by atoms with Gasteiger partial charge in [0, 0.05) is 18.5 Å². The summed E-state index contributed by atoms with van der Waals surface area (Å²) in [4.78, 5) is 13.5. The summed E-state index contributed by atoms with van der Waals surface area (Å²) < 4.78 is 0. The van der Waals surface area contributed by atoms with Crippen LogP contribution in [0.3, 0.4) is 0 Å². The summed E-state index contributed by atoms with van der Waals surface area (Å²) in [5, 5.41) is 0. The van der Waals surface area contributed by atoms with E-state index in [1.165, 1.54) is 0 Å². The summed E-state index contributed by atoms with van der Waals surface area (Å²) in [5.41, 5.74) is 5.32. The van der Waals surface area contributed by atoms with E-state index in [4.69, 9.17) is 5.73 Å². The second-order valence-corrected chi connectivity index (χ2v) is 4.36. The van der Waals surface area contributed by atoms with Gasteiger partial charge >= 0.3 is 0 Å². The molecular weight excluding hydrogens is 164 g/mol. The molecule has 0 bridgehead atoms. The van der Waals surface area contributed by atoms with Gasteiger partial charge in [0.1, 0.15) is 0 Å². The van der Waals surface area contributed by atoms with Gasteiger partial charge in [0.25, 0.3) is 0 Å². The van der Waals surface area contributed by atoms with E-state index in [0.29, 0.717) is 12.0 Å². The molecule has 2 unspecified atom stereocenters. The average molecular weight is 184 g/mol. The number of likely N-dealkylation sites (tertiary alicyclic amines) is 1. The predicted molar refractivity (Wildman–Crippen MR) is 53.2 cm³/mol. The molecule has 3 nitrogen and oxygen atoms in total. The topological polar surface area (TPSA) is 46.3 Å². The van der Waals surface area contributed by atoms with Crippen molar-refractivity contribution in [2.24, 2.45) is 17.6 Å². The fourth-order valence-electron chi connectivity index (χ4n) is 2.07. The first-order valence-corrected chi connectivity index (χ1v) is 5.05. The number of rotatable bonds is 2. The molecule has 1 aliphatic rings. The molecule has 13 heavy (non-hydrogen) atoms. The van der Waals surface area contributed by atoms with E-state index in [1.807, 2.05) is 0 Å². The molecule has 2 atom stereocenters. The Morgan fingerprint density at radius 3 is 2.54 bits per heavy atom. The molecule has 0 radical (unpaired) electrons. The number of piperidine rings is 1. The number of carbonyl (C=O) groups excluding carboxylic acids is 1. The van der Waals surface area contributed by atoms with Crippen LogP contribution in [0.5, 0.6) is 0 Å². The van der Waals surface area contributed by atoms with Crippen LogP contribution in [0.1, 0.15) is 27.2 Å². The average Bonchev–Trinajstić information content (AvgIpc) is 2.03. The van der Waals surface area contributed by atoms with Crippen LogP contribution in [0.15, 0.2) is 0 Å². The molecule has 0 aromatic carbocycles. The third-order valence-electron chi connectivity index (χ3n) is 3.03. The maximum atomic E-state index is 11.0. The van der Waals surface area contributed by atoms with Crippen LogP contribution in [0.2, 0.25) is 0 Å². The predicted octanol–water partition coefficient (Wildman–Crippen LogP) is 0.838. The van der Waals surface area contributed by atoms with Gasteiger partial charge in [0.15, 0.2) is 0 Å². The lowest BCUT2D eigenvalue weighted by molar-refractivity contribution is -0.125. The van der Waals surface area contributed by atoms with Gasteiger partial charge in [-0.05, 0) is 32.7 Å². The van der Waals surface area contributed by atoms with Crippen LogP contribution in [0.4, 0.5) is 0 Å². The van der Waals surface area contributed by atoms with E-state index in [9.17, 15) is 4.79 Å². The molecule has 1 saturated heterocycles. The lowest BCUT2D eigenvalue weighted by atomic mass is 9.86. The third-order valence-corrected chi connectivity index (χ3v) is 3.03. The summed E-state index contributed by atoms with van der Waals surface area (Å²) in [5.74, 6) is 0.375. The number of carbonyl (C=O) groups is 1. The van der Waals surface area contributed by atoms with Crippen LogP contribution in [-0.2, 0) is 4.79 Å². The lowest BCUT2D eigenvalue weighted by Crippen LogP contribution is -2.46. The quantitative estimate of drug-likeness (QED) is 0.691. The Morgan fingerprint density at radius 1 is 1.54 bits per heavy atom. The lowest BCUT2D eigenvalue weighted by Gasteiger charge is -2.37. The zero-order valence-electron chi connectivity index (χ0n) is 8.79. The molecule has 2 N–H and O–H groups in total. The minimum absolute atomic E-state index is 0.0926. The van der Waals surface area contributed by atoms with Crippen LogP contribution < -0.4 is 5.73 Å². The zero-order valence-corrected chi connectivity index (χ0v) is 8.79. The van der Waals surface area contributed by atoms with Gasteiger partial charge < -0.3 is 10.6 Å². The first-order chi connectivity index (χ1) is 6.02. The second kappa shape index (κ2) is 4.09. The molecule has 3 heteroatoms. The number of amides is 1. The Hall–Kier alpha value is -0.570. The summed E-state index contributed by atoms with van der Waals surface area (Å²) >= 11 is 0. The fraction of sp³-hybridized carbons (Fsp3) is 0.900. The van der Waals surface area contributed by atoms with Gasteiger partial charge in [-0.15, -0.1) is 0 Å². The van der Waals surface area contributed by atoms with Crippen molar-refractivity contribution >= 4 is 5.91 Å². The van der Waals surface area contributed by atoms with Crippen molar-refractivity contribution in [1.82, 2.24) is 4.90 Å². The van der Waals surface area contributed by atoms with Gasteiger partial charge in [0.05, 0.1) is 0 Å². The van der Waals surface area contributed by atoms with E-state index in [-0.39, 0.29) is 11.8 Å². The smallest absolute Gasteiger partial charge is 0.220 e. The van der Waals surface area contributed by atoms with E-state index >= 15 is 0 Å². The van der Waals surface area contributed by atoms with Gasteiger partial charge in [-0.1, -0.05) is 6.92 Å². The highest BCUT2D eigenvalue weighted by molar-refractivity contribution is 5.77. The molecule has 0 aromatic heterocycles. The first kappa shape index (κ1) is 10.5. The number of primary amides is 1. The molecule has 1 heterocycles. The zero-order chi connectivity index (χ0) is 10.0. The highest BCUT2D eigenvalue weighted by Gasteiger charge is 2.30. The molecular formula is C10H20N2O. The van der Waals surface area contributed by atoms with Crippen molar-refractivity contribution in [2.75, 3.05) is 13.1 Å². The van der Waals surface area contributed by atoms with Crippen molar-refractivity contribution < 1.29 is 4.79 Å². The number of hydrogen-bond acceptors (Lipinski definition) is 2. The van der Waals surface area contributed by atoms with Gasteiger partial charge in [0.2, 0.25) is 5.91 Å². The Labute approximate surface area is 80.3 Å². The summed E-state index contributed by atoms with van der Waals surface area (Å²) in [7, 11) is 0. The molecule has 0 spiro atoms. The Balaban J connectivity index is 2.51. The van der Waals surface area contributed by atoms with Crippen LogP contribution >= 0.6 is 0 Å². The third kappa shape index (κ3) is 2.44. The SMILES string of the molecule is CC1CN(C(C)C)CCC1C(N)=O. The Morgan fingerprint density at radius 2 is 2.15 bits per heavy atom. The molecule has 1 fully saturated rings. The fourth-order valence-corrected chi connectivity index (χ4v) is 2.07. The van der Waals surface area contributed by atoms with E-state index in [0.717, 1.165) is 19.5 Å². The van der Waals surface area contributed by atoms with Crippen molar-refractivity contribution in [3.05, 3.63) is 0 Å². The minimum Gasteiger partial charge on any atom is -0.369 e. The van der Waals surface area contributed by atoms with Crippen LogP contribution in [-0.4, -0.2) is 29.9 Å². The van der Waals surface area contributed by atoms with E-state index in [1.54, 1.807) is 0 Å². The van der Waals surface area contributed by atoms with Gasteiger partial charge in [-0.3, -0.25) is 4.79 Å². The largest absolute Gasteiger partial charge is 0.369 e. The second-order valence-electron chi connectivity index (χ2n) is 4.36. The summed E-state index contributed by atoms with van der Waals surface area (Å²) in [6.45, 7) is 8.51. The van der Waals surface area contributed by atoms with Gasteiger partial charge in [-0.2, -0.15) is 0 Å². The van der Waals surface area contributed by atoms with Crippen molar-refractivity contribution in [3.8, 4) is 0 Å². The molecule has 76 valence electrons. The minimum atomic E-state index is -0.129. The summed E-state index contributed by atoms with van der Waals surface area (Å²) in [6, 6.07) is 0.580. The molecule has 1 amide bonds. The summed E-state index contributed by atoms with van der Waals surface area (Å²) in [6.07, 6.45) is 0.925. The van der Waals surface area contributed by atoms with Crippen LogP contribution in [0, 0.1) is 11.8 Å². The molecule has 0 aromatic rings. The monoisotopic (exact) mass is 184 g/mol. The highest BCUT2D eigenvalue weighted by Crippen LogP contribution is 2.23. The Kier molecular flexibility index (Phi) is 3.31. The van der Waals surface area contributed by atoms with E-state index in [2.05, 4.69) is 25.7 Å². The van der Waals surface area contributed by atoms with Crippen molar-refractivity contribution in [3.63, 3.8) is 0 Å². The molecule has 1 rings (SSSR count). The first-order valence-electron chi connectivity index (χ1n) is 5.05. The number of nitrogens with two attached hydrogens (primary N) is 1. The maximum absolute atomic E-state index is 11.0. The standard InChI is InChI=1S/C10H20N2O/c1-7(2)12-5-4-9(10(11)13)8(3)6-12/h7-9H,4-6H2,1-3H3,(H2,11,13). The normalized spacial score (nSPS) is 30.8. The maximum Gasteiger partial charge on any atom is 0.220 e. The molecule has 0 aliphatic carbocycles. The number of nitrogens with zero attached hydrogens (tertiary/aromatic N) is 1. The van der Waals surface area contributed by atoms with E-state index < -0.39 is 0 Å². The van der Waals surface area contributed by atoms with Crippen LogP contribution in [0.25, 0.3) is 0 Å². The molecule has 1 aliphatic heterocycles. The number of hydrogen-bond donors (Lipinski definition) is 1. The highest BCUT2D eigenvalue weighted by atomic mass is 16.1. The van der Waals surface area contributed by atoms with Crippen molar-refractivity contribution in [2.45, 2.75) is 33.2 Å². The van der Waals surface area contributed by atoms with Crippen molar-refractivity contribution in [1.29, 1.82) is 0 Å². The Bertz CT molecular complexity index is 191. The van der Waals surface area contributed by atoms with Gasteiger partial charge in [-0.25, -0.2) is 0 Å².